The molecule has 6 heteroatoms. The average molecular weight is 490 g/mol. The number of fused-ring (bicyclic) bond motifs is 1. The van der Waals surface area contributed by atoms with Crippen molar-refractivity contribution < 1.29 is 14.0 Å². The predicted octanol–water partition coefficient (Wildman–Crippen LogP) is 6.30. The summed E-state index contributed by atoms with van der Waals surface area (Å²) in [4.78, 5) is 22.0. The van der Waals surface area contributed by atoms with E-state index in [1.165, 1.54) is 22.8 Å². The molecule has 4 rings (SSSR count). The van der Waals surface area contributed by atoms with Crippen LogP contribution in [0.1, 0.15) is 49.9 Å². The van der Waals surface area contributed by atoms with Crippen LogP contribution in [0.2, 0.25) is 0 Å². The number of carbonyl (C=O) groups excluding carboxylic acids is 1. The molecular formula is C30H36FN3O2. The van der Waals surface area contributed by atoms with Crippen LogP contribution in [0.3, 0.4) is 0 Å². The van der Waals surface area contributed by atoms with E-state index in [0.29, 0.717) is 19.5 Å². The molecule has 3 aromatic carbocycles. The smallest absolute Gasteiger partial charge is 0.315 e. The molecule has 0 fully saturated rings. The predicted molar refractivity (Wildman–Crippen MR) is 142 cm³/mol. The number of urea groups is 1. The third-order valence-corrected chi connectivity index (χ3v) is 6.20. The molecule has 0 bridgehead atoms. The molecule has 1 N–H and O–H groups in total. The molecule has 190 valence electrons. The highest BCUT2D eigenvalue weighted by atomic mass is 19.1. The van der Waals surface area contributed by atoms with Gasteiger partial charge < -0.3 is 5.32 Å². The maximum Gasteiger partial charge on any atom is 0.349 e. The number of hydrogen-bond acceptors (Lipinski definition) is 3. The summed E-state index contributed by atoms with van der Waals surface area (Å²) in [5.41, 5.74) is 3.54. The molecule has 1 aliphatic heterocycles. The van der Waals surface area contributed by atoms with Gasteiger partial charge in [0.05, 0.1) is 11.6 Å². The van der Waals surface area contributed by atoms with Crippen LogP contribution in [0.4, 0.5) is 14.9 Å². The van der Waals surface area contributed by atoms with Crippen LogP contribution in [0.5, 0.6) is 0 Å². The van der Waals surface area contributed by atoms with Crippen molar-refractivity contribution in [2.75, 3.05) is 24.5 Å². The zero-order valence-corrected chi connectivity index (χ0v) is 21.4. The number of para-hydroxylation sites is 1. The van der Waals surface area contributed by atoms with Crippen molar-refractivity contribution in [3.05, 3.63) is 101 Å². The largest absolute Gasteiger partial charge is 0.349 e. The van der Waals surface area contributed by atoms with E-state index in [1.54, 1.807) is 17.0 Å². The molecule has 2 amide bonds. The third kappa shape index (κ3) is 6.71. The number of rotatable bonds is 9. The van der Waals surface area contributed by atoms with E-state index in [-0.39, 0.29) is 17.9 Å². The van der Waals surface area contributed by atoms with E-state index in [0.717, 1.165) is 36.2 Å². The zero-order chi connectivity index (χ0) is 25.5. The fraction of sp³-hybridized carbons (Fsp3) is 0.367. The number of nitrogens with one attached hydrogen (secondary N) is 1. The van der Waals surface area contributed by atoms with Gasteiger partial charge in [-0.3, -0.25) is 9.74 Å². The van der Waals surface area contributed by atoms with E-state index in [4.69, 9.17) is 4.84 Å². The molecule has 1 atom stereocenters. The topological polar surface area (TPSA) is 44.8 Å². The number of benzene rings is 3. The van der Waals surface area contributed by atoms with E-state index < -0.39 is 5.60 Å². The number of aryl methyl sites for hydroxylation is 1. The van der Waals surface area contributed by atoms with Crippen molar-refractivity contribution in [1.82, 2.24) is 10.4 Å². The van der Waals surface area contributed by atoms with Crippen LogP contribution in [0.25, 0.3) is 0 Å². The van der Waals surface area contributed by atoms with Crippen LogP contribution in [-0.4, -0.2) is 36.3 Å². The summed E-state index contributed by atoms with van der Waals surface area (Å²) >= 11 is 0. The molecule has 1 unspecified atom stereocenters. The fourth-order valence-electron chi connectivity index (χ4n) is 4.52. The summed E-state index contributed by atoms with van der Waals surface area (Å²) in [6.07, 6.45) is 2.62. The average Bonchev–Trinajstić information content (AvgIpc) is 2.96. The van der Waals surface area contributed by atoms with Crippen LogP contribution in [0.15, 0.2) is 78.9 Å². The highest BCUT2D eigenvalue weighted by Crippen LogP contribution is 2.36. The molecule has 0 aromatic heterocycles. The molecule has 0 spiro atoms. The highest BCUT2D eigenvalue weighted by Gasteiger charge is 2.38. The molecular weight excluding hydrogens is 453 g/mol. The molecule has 0 radical (unpaired) electrons. The lowest BCUT2D eigenvalue weighted by molar-refractivity contribution is -0.213. The summed E-state index contributed by atoms with van der Waals surface area (Å²) in [5, 5.41) is 4.98. The number of amides is 2. The van der Waals surface area contributed by atoms with Crippen LogP contribution < -0.4 is 10.2 Å². The number of hydrogen-bond donors (Lipinski definition) is 1. The number of nitrogens with zero attached hydrogens (tertiary/aromatic N) is 2. The summed E-state index contributed by atoms with van der Waals surface area (Å²) in [5.74, 6) is -0.303. The van der Waals surface area contributed by atoms with Gasteiger partial charge in [0.1, 0.15) is 5.82 Å². The summed E-state index contributed by atoms with van der Waals surface area (Å²) in [6, 6.07) is 24.2. The van der Waals surface area contributed by atoms with Crippen molar-refractivity contribution in [2.24, 2.45) is 0 Å². The lowest BCUT2D eigenvalue weighted by Gasteiger charge is -2.36. The van der Waals surface area contributed by atoms with Crippen molar-refractivity contribution in [3.8, 4) is 0 Å². The molecule has 36 heavy (non-hydrogen) atoms. The van der Waals surface area contributed by atoms with E-state index in [9.17, 15) is 9.18 Å². The Morgan fingerprint density at radius 2 is 1.64 bits per heavy atom. The van der Waals surface area contributed by atoms with Crippen LogP contribution >= 0.6 is 0 Å². The molecule has 1 heterocycles. The van der Waals surface area contributed by atoms with Gasteiger partial charge in [-0.2, -0.15) is 5.06 Å². The Labute approximate surface area is 213 Å². The summed E-state index contributed by atoms with van der Waals surface area (Å²) in [7, 11) is 0. The molecule has 0 saturated heterocycles. The minimum absolute atomic E-state index is 0.213. The highest BCUT2D eigenvalue weighted by molar-refractivity contribution is 5.93. The number of carbonyl (C=O) groups is 1. The normalized spacial score (nSPS) is 16.1. The minimum Gasteiger partial charge on any atom is -0.315 e. The van der Waals surface area contributed by atoms with Gasteiger partial charge >= 0.3 is 6.03 Å². The van der Waals surface area contributed by atoms with Crippen LogP contribution in [0, 0.1) is 5.82 Å². The van der Waals surface area contributed by atoms with Crippen molar-refractivity contribution >= 4 is 11.7 Å². The first-order valence-electron chi connectivity index (χ1n) is 12.7. The second-order valence-corrected chi connectivity index (χ2v) is 10.2. The first-order chi connectivity index (χ1) is 17.3. The van der Waals surface area contributed by atoms with E-state index in [2.05, 4.69) is 35.6 Å². The SMILES string of the molecule is CC(C)(C)ON1C(=O)N(CCNCCCc2ccccc2)c2ccccc2CC1c1ccc(F)cc1. The van der Waals surface area contributed by atoms with Crippen molar-refractivity contribution in [2.45, 2.75) is 51.7 Å². The van der Waals surface area contributed by atoms with Crippen molar-refractivity contribution in [3.63, 3.8) is 0 Å². The molecule has 1 aliphatic rings. The second kappa shape index (κ2) is 11.7. The maximum atomic E-state index is 14.0. The van der Waals surface area contributed by atoms with Gasteiger partial charge in [-0.1, -0.05) is 60.7 Å². The Hall–Kier alpha value is -3.22. The Balaban J connectivity index is 1.51. The fourth-order valence-corrected chi connectivity index (χ4v) is 4.52. The van der Waals surface area contributed by atoms with Gasteiger partial charge in [0.15, 0.2) is 0 Å². The van der Waals surface area contributed by atoms with Gasteiger partial charge in [0, 0.05) is 25.2 Å². The minimum atomic E-state index is -0.578. The molecule has 0 saturated carbocycles. The lowest BCUT2D eigenvalue weighted by atomic mass is 9.98. The molecule has 3 aromatic rings. The van der Waals surface area contributed by atoms with Gasteiger partial charge in [-0.15, -0.1) is 0 Å². The van der Waals surface area contributed by atoms with Gasteiger partial charge in [0.2, 0.25) is 0 Å². The Morgan fingerprint density at radius 3 is 2.36 bits per heavy atom. The van der Waals surface area contributed by atoms with E-state index >= 15 is 0 Å². The summed E-state index contributed by atoms with van der Waals surface area (Å²) in [6.45, 7) is 7.84. The number of anilines is 1. The van der Waals surface area contributed by atoms with Crippen LogP contribution in [-0.2, 0) is 17.7 Å². The standard InChI is InChI=1S/C30H36FN3O2/c1-30(2,3)36-34-28(24-15-17-26(31)18-16-24)22-25-13-7-8-14-27(25)33(29(34)35)21-20-32-19-9-12-23-10-5-4-6-11-23/h4-8,10-11,13-18,28,32H,9,12,19-22H2,1-3H3. The van der Waals surface area contributed by atoms with Gasteiger partial charge in [-0.25, -0.2) is 9.18 Å². The van der Waals surface area contributed by atoms with E-state index in [1.807, 2.05) is 45.0 Å². The monoisotopic (exact) mass is 489 g/mol. The Kier molecular flexibility index (Phi) is 8.39. The first-order valence-corrected chi connectivity index (χ1v) is 12.7. The number of hydroxylamine groups is 2. The number of halogens is 1. The third-order valence-electron chi connectivity index (χ3n) is 6.20. The molecule has 5 nitrogen and oxygen atoms in total. The molecule has 0 aliphatic carbocycles. The first kappa shape index (κ1) is 25.9. The van der Waals surface area contributed by atoms with Gasteiger partial charge in [-0.05, 0) is 75.0 Å². The quantitative estimate of drug-likeness (QED) is 0.359. The zero-order valence-electron chi connectivity index (χ0n) is 21.4. The Morgan fingerprint density at radius 1 is 0.944 bits per heavy atom. The summed E-state index contributed by atoms with van der Waals surface area (Å²) < 4.78 is 13.7. The van der Waals surface area contributed by atoms with Crippen molar-refractivity contribution in [1.29, 1.82) is 0 Å². The Bertz CT molecular complexity index is 1130. The second-order valence-electron chi connectivity index (χ2n) is 10.2. The lowest BCUT2D eigenvalue weighted by Crippen LogP contribution is -2.48. The van der Waals surface area contributed by atoms with Gasteiger partial charge in [0.25, 0.3) is 0 Å². The maximum absolute atomic E-state index is 14.0.